The number of fused-ring (bicyclic) bond motifs is 1. The summed E-state index contributed by atoms with van der Waals surface area (Å²) in [6, 6.07) is 17.3. The van der Waals surface area contributed by atoms with E-state index in [1.807, 2.05) is 44.2 Å². The first kappa shape index (κ1) is 30.8. The first-order chi connectivity index (χ1) is 20.1. The number of carbonyl (C=O) groups is 2. The molecule has 0 aliphatic carbocycles. The van der Waals surface area contributed by atoms with Crippen LogP contribution in [-0.4, -0.2) is 57.0 Å². The molecule has 0 aromatic heterocycles. The van der Waals surface area contributed by atoms with Crippen molar-refractivity contribution in [2.45, 2.75) is 57.1 Å². The molecule has 0 spiro atoms. The third kappa shape index (κ3) is 7.20. The molecule has 42 heavy (non-hydrogen) atoms. The van der Waals surface area contributed by atoms with Crippen molar-refractivity contribution in [3.05, 3.63) is 84.2 Å². The zero-order valence-corrected chi connectivity index (χ0v) is 24.8. The van der Waals surface area contributed by atoms with E-state index in [2.05, 4.69) is 5.32 Å². The van der Waals surface area contributed by atoms with Gasteiger partial charge in [0.1, 0.15) is 31.6 Å². The van der Waals surface area contributed by atoms with Crippen molar-refractivity contribution in [3.8, 4) is 11.5 Å². The Hall–Kier alpha value is -4.12. The lowest BCUT2D eigenvalue weighted by molar-refractivity contribution is -0.140. The van der Waals surface area contributed by atoms with Gasteiger partial charge >= 0.3 is 0 Å². The van der Waals surface area contributed by atoms with Gasteiger partial charge in [0, 0.05) is 18.7 Å². The highest BCUT2D eigenvalue weighted by molar-refractivity contribution is 7.92. The molecule has 224 valence electrons. The highest BCUT2D eigenvalue weighted by Crippen LogP contribution is 2.34. The predicted molar refractivity (Wildman–Crippen MR) is 157 cm³/mol. The van der Waals surface area contributed by atoms with Gasteiger partial charge in [-0.3, -0.25) is 13.9 Å². The Morgan fingerprint density at radius 3 is 2.24 bits per heavy atom. The summed E-state index contributed by atoms with van der Waals surface area (Å²) in [6.07, 6.45) is 1.02. The first-order valence-electron chi connectivity index (χ1n) is 14.0. The molecule has 1 aliphatic heterocycles. The molecule has 2 atom stereocenters. The molecule has 9 nitrogen and oxygen atoms in total. The second-order valence-electron chi connectivity index (χ2n) is 10.0. The minimum atomic E-state index is -4.35. The Bertz CT molecular complexity index is 1480. The number of sulfonamides is 1. The average Bonchev–Trinajstić information content (AvgIpc) is 3.00. The van der Waals surface area contributed by atoms with Crippen LogP contribution in [-0.2, 0) is 26.2 Å². The molecule has 0 fully saturated rings. The maximum absolute atomic E-state index is 14.1. The monoisotopic (exact) mass is 597 g/mol. The number of carbonyl (C=O) groups excluding carboxylic acids is 2. The van der Waals surface area contributed by atoms with Crippen molar-refractivity contribution in [2.75, 3.05) is 24.1 Å². The number of nitrogens with zero attached hydrogens (tertiary/aromatic N) is 2. The normalized spacial score (nSPS) is 14.0. The molecule has 3 aromatic rings. The van der Waals surface area contributed by atoms with Crippen LogP contribution in [0.4, 0.5) is 10.1 Å². The molecule has 2 amide bonds. The van der Waals surface area contributed by atoms with E-state index < -0.39 is 34.3 Å². The zero-order chi connectivity index (χ0) is 30.3. The van der Waals surface area contributed by atoms with Gasteiger partial charge in [-0.1, -0.05) is 44.2 Å². The van der Waals surface area contributed by atoms with Gasteiger partial charge in [-0.25, -0.2) is 12.8 Å². The minimum absolute atomic E-state index is 0.0907. The number of rotatable bonds is 12. The number of nitrogens with one attached hydrogen (secondary N) is 1. The van der Waals surface area contributed by atoms with E-state index >= 15 is 0 Å². The van der Waals surface area contributed by atoms with Gasteiger partial charge in [-0.15, -0.1) is 0 Å². The van der Waals surface area contributed by atoms with Gasteiger partial charge in [0.2, 0.25) is 11.8 Å². The number of anilines is 1. The molecule has 1 heterocycles. The third-order valence-corrected chi connectivity index (χ3v) is 8.85. The van der Waals surface area contributed by atoms with E-state index in [0.717, 1.165) is 22.0 Å². The summed E-state index contributed by atoms with van der Waals surface area (Å²) in [5, 5.41) is 2.95. The topological polar surface area (TPSA) is 105 Å². The molecule has 4 rings (SSSR count). The van der Waals surface area contributed by atoms with Gasteiger partial charge in [0.05, 0.1) is 10.6 Å². The summed E-state index contributed by atoms with van der Waals surface area (Å²) in [7, 11) is -4.35. The predicted octanol–water partition coefficient (Wildman–Crippen LogP) is 4.51. The standard InChI is InChI=1S/C31H36FN3O6S/c1-4-22(3)33-31(37)27(5-2)34(20-23-9-7-6-8-10-23)30(36)21-35(25-13-11-24(32)12-14-25)42(38,39)26-15-16-28-29(19-26)41-18-17-40-28/h6-16,19,22,27H,4-5,17-18,20-21H2,1-3H3,(H,33,37)/t22-,27-/m0/s1. The number of hydrogen-bond acceptors (Lipinski definition) is 6. The van der Waals surface area contributed by atoms with Gasteiger partial charge < -0.3 is 19.7 Å². The molecule has 11 heteroatoms. The fourth-order valence-electron chi connectivity index (χ4n) is 4.59. The third-order valence-electron chi connectivity index (χ3n) is 7.08. The number of ether oxygens (including phenoxy) is 2. The van der Waals surface area contributed by atoms with Gasteiger partial charge in [-0.2, -0.15) is 0 Å². The second-order valence-corrected chi connectivity index (χ2v) is 11.9. The van der Waals surface area contributed by atoms with Crippen LogP contribution in [0.5, 0.6) is 11.5 Å². The van der Waals surface area contributed by atoms with Gasteiger partial charge in [0.15, 0.2) is 11.5 Å². The maximum atomic E-state index is 14.1. The first-order valence-corrected chi connectivity index (χ1v) is 15.4. The SMILES string of the molecule is CC[C@H](C)NC(=O)[C@H](CC)N(Cc1ccccc1)C(=O)CN(c1ccc(F)cc1)S(=O)(=O)c1ccc2c(c1)OCCO2. The van der Waals surface area contributed by atoms with E-state index in [-0.39, 0.29) is 41.4 Å². The lowest BCUT2D eigenvalue weighted by Gasteiger charge is -2.33. The van der Waals surface area contributed by atoms with Crippen LogP contribution in [0.1, 0.15) is 39.2 Å². The smallest absolute Gasteiger partial charge is 0.264 e. The van der Waals surface area contributed by atoms with Crippen molar-refractivity contribution >= 4 is 27.5 Å². The Morgan fingerprint density at radius 1 is 0.929 bits per heavy atom. The molecule has 3 aromatic carbocycles. The van der Waals surface area contributed by atoms with Crippen molar-refractivity contribution in [1.82, 2.24) is 10.2 Å². The molecule has 0 saturated heterocycles. The number of halogens is 1. The van der Waals surface area contributed by atoms with Crippen LogP contribution >= 0.6 is 0 Å². The quantitative estimate of drug-likeness (QED) is 0.329. The van der Waals surface area contributed by atoms with E-state index in [1.54, 1.807) is 6.92 Å². The average molecular weight is 598 g/mol. The number of amides is 2. The van der Waals surface area contributed by atoms with E-state index in [0.29, 0.717) is 25.2 Å². The summed E-state index contributed by atoms with van der Waals surface area (Å²) < 4.78 is 54.0. The van der Waals surface area contributed by atoms with E-state index in [4.69, 9.17) is 9.47 Å². The minimum Gasteiger partial charge on any atom is -0.486 e. The molecular weight excluding hydrogens is 561 g/mol. The molecule has 0 bridgehead atoms. The lowest BCUT2D eigenvalue weighted by Crippen LogP contribution is -2.53. The molecule has 1 N–H and O–H groups in total. The van der Waals surface area contributed by atoms with Gasteiger partial charge in [0.25, 0.3) is 10.0 Å². The van der Waals surface area contributed by atoms with Crippen LogP contribution in [0.25, 0.3) is 0 Å². The summed E-state index contributed by atoms with van der Waals surface area (Å²) in [5.41, 5.74) is 0.875. The van der Waals surface area contributed by atoms with Crippen molar-refractivity contribution in [3.63, 3.8) is 0 Å². The van der Waals surface area contributed by atoms with Crippen LogP contribution in [0.3, 0.4) is 0 Å². The van der Waals surface area contributed by atoms with Crippen molar-refractivity contribution in [1.29, 1.82) is 0 Å². The number of hydrogen-bond donors (Lipinski definition) is 1. The van der Waals surface area contributed by atoms with Crippen LogP contribution < -0.4 is 19.1 Å². The highest BCUT2D eigenvalue weighted by atomic mass is 32.2. The fourth-order valence-corrected chi connectivity index (χ4v) is 6.02. The largest absolute Gasteiger partial charge is 0.486 e. The fraction of sp³-hybridized carbons (Fsp3) is 0.355. The summed E-state index contributed by atoms with van der Waals surface area (Å²) in [5.74, 6) is -0.780. The number of benzene rings is 3. The summed E-state index contributed by atoms with van der Waals surface area (Å²) in [6.45, 7) is 5.70. The Labute approximate surface area is 246 Å². The molecule has 0 saturated carbocycles. The molecule has 0 unspecified atom stereocenters. The van der Waals surface area contributed by atoms with Crippen LogP contribution in [0.15, 0.2) is 77.7 Å². The Balaban J connectivity index is 1.73. The zero-order valence-electron chi connectivity index (χ0n) is 24.0. The Kier molecular flexibility index (Phi) is 10.1. The van der Waals surface area contributed by atoms with Crippen molar-refractivity contribution < 1.29 is 31.9 Å². The van der Waals surface area contributed by atoms with E-state index in [1.165, 1.54) is 35.2 Å². The molecule has 0 radical (unpaired) electrons. The Morgan fingerprint density at radius 2 is 1.60 bits per heavy atom. The second kappa shape index (κ2) is 13.7. The lowest BCUT2D eigenvalue weighted by atomic mass is 10.1. The van der Waals surface area contributed by atoms with E-state index in [9.17, 15) is 22.4 Å². The van der Waals surface area contributed by atoms with Crippen LogP contribution in [0.2, 0.25) is 0 Å². The van der Waals surface area contributed by atoms with Gasteiger partial charge in [-0.05, 0) is 61.7 Å². The maximum Gasteiger partial charge on any atom is 0.264 e. The summed E-state index contributed by atoms with van der Waals surface area (Å²) in [4.78, 5) is 28.7. The molecule has 1 aliphatic rings. The van der Waals surface area contributed by atoms with Crippen LogP contribution in [0, 0.1) is 5.82 Å². The highest BCUT2D eigenvalue weighted by Gasteiger charge is 2.34. The van der Waals surface area contributed by atoms with Crippen molar-refractivity contribution in [2.24, 2.45) is 0 Å². The molecular formula is C31H36FN3O6S. The summed E-state index contributed by atoms with van der Waals surface area (Å²) >= 11 is 0.